The minimum absolute atomic E-state index is 0.101. The van der Waals surface area contributed by atoms with Crippen molar-refractivity contribution in [2.24, 2.45) is 0 Å². The van der Waals surface area contributed by atoms with Crippen LogP contribution in [0.1, 0.15) is 22.8 Å². The molecule has 21 heavy (non-hydrogen) atoms. The summed E-state index contributed by atoms with van der Waals surface area (Å²) in [5, 5.41) is 13.5. The number of aliphatic hydroxyl groups is 1. The zero-order chi connectivity index (χ0) is 15.1. The smallest absolute Gasteiger partial charge is 0.228 e. The zero-order valence-electron chi connectivity index (χ0n) is 10.7. The fourth-order valence-corrected chi connectivity index (χ4v) is 3.20. The molecular weight excluding hydrogens is 361 g/mol. The number of amides is 1. The van der Waals surface area contributed by atoms with Gasteiger partial charge in [-0.1, -0.05) is 33.6 Å². The third-order valence-corrected chi connectivity index (χ3v) is 4.41. The molecular formula is C15H10BrClFNO2. The molecule has 0 bridgehead atoms. The van der Waals surface area contributed by atoms with Crippen LogP contribution in [0.25, 0.3) is 0 Å². The first kappa shape index (κ1) is 14.5. The second kappa shape index (κ2) is 5.40. The summed E-state index contributed by atoms with van der Waals surface area (Å²) in [6, 6.07) is 7.38. The van der Waals surface area contributed by atoms with E-state index in [1.165, 1.54) is 18.2 Å². The minimum Gasteiger partial charge on any atom is -0.384 e. The molecule has 0 saturated carbocycles. The molecule has 1 aliphatic rings. The van der Waals surface area contributed by atoms with Gasteiger partial charge < -0.3 is 10.4 Å². The Balaban J connectivity index is 2.04. The van der Waals surface area contributed by atoms with Crippen LogP contribution >= 0.6 is 27.5 Å². The third-order valence-electron chi connectivity index (χ3n) is 3.40. The van der Waals surface area contributed by atoms with E-state index >= 15 is 0 Å². The fraction of sp³-hybridized carbons (Fsp3) is 0.133. The Labute approximate surface area is 133 Å². The van der Waals surface area contributed by atoms with Crippen molar-refractivity contribution >= 4 is 39.1 Å². The standard InChI is InChI=1S/C15H10BrClFNO2/c16-11-5-8(18)1-2-9(11)15(21)10-3-7-4-14(20)19-13(7)6-12(10)17/h1-3,5-6,15,21H,4H2,(H,19,20). The highest BCUT2D eigenvalue weighted by atomic mass is 79.9. The molecule has 0 saturated heterocycles. The second-order valence-corrected chi connectivity index (χ2v) is 6.09. The molecule has 6 heteroatoms. The lowest BCUT2D eigenvalue weighted by Crippen LogP contribution is -2.03. The van der Waals surface area contributed by atoms with Crippen molar-refractivity contribution in [3.05, 3.63) is 62.3 Å². The number of carbonyl (C=O) groups excluding carboxylic acids is 1. The van der Waals surface area contributed by atoms with E-state index in [-0.39, 0.29) is 12.3 Å². The topological polar surface area (TPSA) is 49.3 Å². The van der Waals surface area contributed by atoms with Gasteiger partial charge in [0.05, 0.1) is 6.42 Å². The SMILES string of the molecule is O=C1Cc2cc(C(O)c3ccc(F)cc3Br)c(Cl)cc2N1. The number of nitrogens with one attached hydrogen (secondary N) is 1. The fourth-order valence-electron chi connectivity index (χ4n) is 2.37. The number of aliphatic hydroxyl groups excluding tert-OH is 1. The molecule has 2 aromatic rings. The van der Waals surface area contributed by atoms with Crippen molar-refractivity contribution in [3.63, 3.8) is 0 Å². The molecule has 0 aliphatic carbocycles. The lowest BCUT2D eigenvalue weighted by atomic mass is 9.98. The number of hydrogen-bond donors (Lipinski definition) is 2. The number of anilines is 1. The Kier molecular flexibility index (Phi) is 3.73. The van der Waals surface area contributed by atoms with Crippen LogP contribution < -0.4 is 5.32 Å². The highest BCUT2D eigenvalue weighted by Crippen LogP contribution is 2.37. The van der Waals surface area contributed by atoms with Gasteiger partial charge in [0.25, 0.3) is 0 Å². The van der Waals surface area contributed by atoms with Crippen LogP contribution in [0.3, 0.4) is 0 Å². The van der Waals surface area contributed by atoms with Gasteiger partial charge in [-0.3, -0.25) is 4.79 Å². The van der Waals surface area contributed by atoms with E-state index in [9.17, 15) is 14.3 Å². The van der Waals surface area contributed by atoms with Crippen molar-refractivity contribution < 1.29 is 14.3 Å². The maximum Gasteiger partial charge on any atom is 0.228 e. The number of rotatable bonds is 2. The molecule has 1 unspecified atom stereocenters. The first-order chi connectivity index (χ1) is 9.95. The second-order valence-electron chi connectivity index (χ2n) is 4.82. The summed E-state index contributed by atoms with van der Waals surface area (Å²) in [6.07, 6.45) is -0.745. The van der Waals surface area contributed by atoms with Crippen LogP contribution in [0.5, 0.6) is 0 Å². The molecule has 1 amide bonds. The van der Waals surface area contributed by atoms with Gasteiger partial charge in [-0.15, -0.1) is 0 Å². The van der Waals surface area contributed by atoms with Gasteiger partial charge in [0, 0.05) is 20.7 Å². The third kappa shape index (κ3) is 2.69. The summed E-state index contributed by atoms with van der Waals surface area (Å²) in [5.74, 6) is -0.497. The molecule has 2 aromatic carbocycles. The number of fused-ring (bicyclic) bond motifs is 1. The van der Waals surface area contributed by atoms with Crippen LogP contribution in [0.15, 0.2) is 34.8 Å². The van der Waals surface area contributed by atoms with Crippen LogP contribution in [-0.2, 0) is 11.2 Å². The van der Waals surface area contributed by atoms with E-state index in [1.807, 2.05) is 0 Å². The predicted octanol–water partition coefficient (Wildman–Crippen LogP) is 3.82. The van der Waals surface area contributed by atoms with Crippen molar-refractivity contribution in [1.82, 2.24) is 0 Å². The zero-order valence-corrected chi connectivity index (χ0v) is 13.0. The maximum absolute atomic E-state index is 13.1. The van der Waals surface area contributed by atoms with E-state index in [1.54, 1.807) is 12.1 Å². The number of hydrogen-bond acceptors (Lipinski definition) is 2. The average Bonchev–Trinajstić information content (AvgIpc) is 2.76. The molecule has 0 spiro atoms. The molecule has 1 heterocycles. The summed E-state index contributed by atoms with van der Waals surface area (Å²) >= 11 is 9.42. The normalized spacial score (nSPS) is 14.8. The summed E-state index contributed by atoms with van der Waals surface area (Å²) in [6.45, 7) is 0. The first-order valence-electron chi connectivity index (χ1n) is 6.21. The van der Waals surface area contributed by atoms with Crippen LogP contribution in [0.2, 0.25) is 5.02 Å². The average molecular weight is 371 g/mol. The molecule has 0 radical (unpaired) electrons. The Hall–Kier alpha value is -1.43. The van der Waals surface area contributed by atoms with Crippen molar-refractivity contribution in [2.75, 3.05) is 5.32 Å². The van der Waals surface area contributed by atoms with Crippen molar-refractivity contribution in [2.45, 2.75) is 12.5 Å². The number of carbonyl (C=O) groups is 1. The summed E-state index contributed by atoms with van der Waals surface area (Å²) in [4.78, 5) is 11.4. The Morgan fingerprint density at radius 1 is 1.29 bits per heavy atom. The van der Waals surface area contributed by atoms with Gasteiger partial charge >= 0.3 is 0 Å². The van der Waals surface area contributed by atoms with Crippen molar-refractivity contribution in [3.8, 4) is 0 Å². The molecule has 108 valence electrons. The Bertz CT molecular complexity index is 751. The molecule has 0 fully saturated rings. The lowest BCUT2D eigenvalue weighted by molar-refractivity contribution is -0.115. The van der Waals surface area contributed by atoms with Crippen LogP contribution in [0, 0.1) is 5.82 Å². The molecule has 3 nitrogen and oxygen atoms in total. The van der Waals surface area contributed by atoms with E-state index < -0.39 is 11.9 Å². The Morgan fingerprint density at radius 2 is 2.05 bits per heavy atom. The minimum atomic E-state index is -1.01. The van der Waals surface area contributed by atoms with Gasteiger partial charge in [-0.25, -0.2) is 4.39 Å². The summed E-state index contributed by atoms with van der Waals surface area (Å²) in [7, 11) is 0. The summed E-state index contributed by atoms with van der Waals surface area (Å²) in [5.41, 5.74) is 2.45. The van der Waals surface area contributed by atoms with Crippen LogP contribution in [-0.4, -0.2) is 11.0 Å². The monoisotopic (exact) mass is 369 g/mol. The quantitative estimate of drug-likeness (QED) is 0.844. The van der Waals surface area contributed by atoms with E-state index in [2.05, 4.69) is 21.2 Å². The number of halogens is 3. The lowest BCUT2D eigenvalue weighted by Gasteiger charge is -2.16. The van der Waals surface area contributed by atoms with E-state index in [0.29, 0.717) is 26.3 Å². The highest BCUT2D eigenvalue weighted by molar-refractivity contribution is 9.10. The molecule has 1 atom stereocenters. The van der Waals surface area contributed by atoms with Gasteiger partial charge in [-0.05, 0) is 35.4 Å². The van der Waals surface area contributed by atoms with Gasteiger partial charge in [0.2, 0.25) is 5.91 Å². The summed E-state index contributed by atoms with van der Waals surface area (Å²) < 4.78 is 13.6. The molecule has 3 rings (SSSR count). The van der Waals surface area contributed by atoms with Crippen molar-refractivity contribution in [1.29, 1.82) is 0 Å². The van der Waals surface area contributed by atoms with Gasteiger partial charge in [0.15, 0.2) is 0 Å². The largest absolute Gasteiger partial charge is 0.384 e. The van der Waals surface area contributed by atoms with Crippen LogP contribution in [0.4, 0.5) is 10.1 Å². The highest BCUT2D eigenvalue weighted by Gasteiger charge is 2.23. The van der Waals surface area contributed by atoms with E-state index in [4.69, 9.17) is 11.6 Å². The van der Waals surface area contributed by atoms with Gasteiger partial charge in [-0.2, -0.15) is 0 Å². The number of benzene rings is 2. The predicted molar refractivity (Wildman–Crippen MR) is 81.9 cm³/mol. The first-order valence-corrected chi connectivity index (χ1v) is 7.38. The molecule has 2 N–H and O–H groups in total. The molecule has 1 aliphatic heterocycles. The van der Waals surface area contributed by atoms with Gasteiger partial charge in [0.1, 0.15) is 11.9 Å². The molecule has 0 aromatic heterocycles. The maximum atomic E-state index is 13.1. The van der Waals surface area contributed by atoms with E-state index in [0.717, 1.165) is 5.56 Å². The Morgan fingerprint density at radius 3 is 2.76 bits per heavy atom.